The van der Waals surface area contributed by atoms with Gasteiger partial charge in [0.15, 0.2) is 0 Å². The van der Waals surface area contributed by atoms with Crippen LogP contribution in [-0.4, -0.2) is 7.85 Å². The molecule has 0 unspecified atom stereocenters. The molecule has 0 heterocycles. The zero-order chi connectivity index (χ0) is 11.9. The fourth-order valence-electron chi connectivity index (χ4n) is 1.12. The molecular weight excluding hydrogens is 221 g/mol. The van der Waals surface area contributed by atoms with Crippen molar-refractivity contribution in [1.82, 2.24) is 0 Å². The van der Waals surface area contributed by atoms with Crippen molar-refractivity contribution in [2.45, 2.75) is 12.4 Å². The van der Waals surface area contributed by atoms with E-state index in [9.17, 15) is 26.3 Å². The van der Waals surface area contributed by atoms with Gasteiger partial charge in [-0.2, -0.15) is 26.3 Å². The fourth-order valence-corrected chi connectivity index (χ4v) is 1.12. The van der Waals surface area contributed by atoms with Gasteiger partial charge in [0.1, 0.15) is 7.85 Å². The van der Waals surface area contributed by atoms with Gasteiger partial charge in [-0.1, -0.05) is 17.6 Å². The Kier molecular flexibility index (Phi) is 2.76. The van der Waals surface area contributed by atoms with Gasteiger partial charge in [0.05, 0.1) is 11.1 Å². The van der Waals surface area contributed by atoms with E-state index in [1.807, 2.05) is 0 Å². The van der Waals surface area contributed by atoms with Crippen molar-refractivity contribution in [3.8, 4) is 0 Å². The number of hydrogen-bond donors (Lipinski definition) is 0. The molecule has 80 valence electrons. The average molecular weight is 224 g/mol. The van der Waals surface area contributed by atoms with E-state index in [0.717, 1.165) is 12.1 Å². The summed E-state index contributed by atoms with van der Waals surface area (Å²) in [4.78, 5) is 0. The topological polar surface area (TPSA) is 0 Å². The van der Waals surface area contributed by atoms with E-state index in [1.165, 1.54) is 0 Å². The molecule has 0 amide bonds. The number of halogens is 6. The van der Waals surface area contributed by atoms with Crippen LogP contribution in [0.4, 0.5) is 26.3 Å². The molecule has 7 heteroatoms. The minimum atomic E-state index is -5.11. The van der Waals surface area contributed by atoms with E-state index < -0.39 is 28.9 Å². The highest BCUT2D eigenvalue weighted by Gasteiger charge is 2.43. The van der Waals surface area contributed by atoms with Gasteiger partial charge < -0.3 is 0 Å². The van der Waals surface area contributed by atoms with Gasteiger partial charge >= 0.3 is 12.4 Å². The summed E-state index contributed by atoms with van der Waals surface area (Å²) >= 11 is 0. The first kappa shape index (κ1) is 11.9. The normalized spacial score (nSPS) is 12.9. The Morgan fingerprint density at radius 2 is 1.40 bits per heavy atom. The highest BCUT2D eigenvalue weighted by molar-refractivity contribution is 6.33. The number of benzene rings is 1. The molecule has 0 fully saturated rings. The van der Waals surface area contributed by atoms with Gasteiger partial charge in [0, 0.05) is 0 Å². The molecule has 0 aromatic heterocycles. The Morgan fingerprint density at radius 1 is 0.867 bits per heavy atom. The van der Waals surface area contributed by atoms with Gasteiger partial charge in [0.2, 0.25) is 0 Å². The smallest absolute Gasteiger partial charge is 0.166 e. The van der Waals surface area contributed by atoms with E-state index in [2.05, 4.69) is 0 Å². The lowest BCUT2D eigenvalue weighted by Gasteiger charge is -2.17. The molecule has 1 rings (SSSR count). The Bertz CT molecular complexity index is 364. The van der Waals surface area contributed by atoms with Crippen LogP contribution in [0.5, 0.6) is 0 Å². The van der Waals surface area contributed by atoms with Crippen LogP contribution in [0.3, 0.4) is 0 Å². The van der Waals surface area contributed by atoms with Crippen molar-refractivity contribution in [3.05, 3.63) is 29.3 Å². The van der Waals surface area contributed by atoms with Crippen molar-refractivity contribution in [2.24, 2.45) is 0 Å². The summed E-state index contributed by atoms with van der Waals surface area (Å²) in [6.07, 6.45) is -10.2. The molecule has 0 aliphatic heterocycles. The monoisotopic (exact) mass is 224 g/mol. The molecule has 0 saturated carbocycles. The van der Waals surface area contributed by atoms with Crippen LogP contribution in [0, 0.1) is 0 Å². The predicted octanol–water partition coefficient (Wildman–Crippen LogP) is 2.52. The summed E-state index contributed by atoms with van der Waals surface area (Å²) in [6.45, 7) is 0. The third-order valence-corrected chi connectivity index (χ3v) is 1.69. The van der Waals surface area contributed by atoms with E-state index in [1.54, 1.807) is 0 Å². The second-order valence-electron chi connectivity index (χ2n) is 2.77. The molecule has 0 aliphatic rings. The molecule has 0 bridgehead atoms. The van der Waals surface area contributed by atoms with Gasteiger partial charge in [-0.15, -0.1) is 0 Å². The van der Waals surface area contributed by atoms with Crippen LogP contribution in [0.25, 0.3) is 0 Å². The van der Waals surface area contributed by atoms with E-state index >= 15 is 0 Å². The molecule has 0 N–H and O–H groups in total. The zero-order valence-corrected chi connectivity index (χ0v) is 7.08. The van der Waals surface area contributed by atoms with Crippen LogP contribution >= 0.6 is 0 Å². The summed E-state index contributed by atoms with van der Waals surface area (Å²) in [5.41, 5.74) is -4.54. The maximum atomic E-state index is 12.3. The Labute approximate surface area is 82.3 Å². The molecule has 2 radical (unpaired) electrons. The summed E-state index contributed by atoms with van der Waals surface area (Å²) < 4.78 is 73.4. The molecule has 0 aliphatic carbocycles. The zero-order valence-electron chi connectivity index (χ0n) is 7.08. The number of hydrogen-bond acceptors (Lipinski definition) is 0. The van der Waals surface area contributed by atoms with Crippen molar-refractivity contribution < 1.29 is 26.3 Å². The largest absolute Gasteiger partial charge is 0.416 e. The molecule has 0 nitrogen and oxygen atoms in total. The van der Waals surface area contributed by atoms with Gasteiger partial charge in [-0.3, -0.25) is 0 Å². The molecule has 0 spiro atoms. The fraction of sp³-hybridized carbons (Fsp3) is 0.250. The maximum absolute atomic E-state index is 12.3. The first-order valence-electron chi connectivity index (χ1n) is 3.67. The van der Waals surface area contributed by atoms with Crippen molar-refractivity contribution >= 4 is 13.3 Å². The van der Waals surface area contributed by atoms with Crippen LogP contribution in [0.2, 0.25) is 0 Å². The summed E-state index contributed by atoms with van der Waals surface area (Å²) in [7, 11) is 4.88. The van der Waals surface area contributed by atoms with E-state index in [4.69, 9.17) is 7.85 Å². The second-order valence-corrected chi connectivity index (χ2v) is 2.77. The Morgan fingerprint density at radius 3 is 1.73 bits per heavy atom. The predicted molar refractivity (Wildman–Crippen MR) is 41.8 cm³/mol. The van der Waals surface area contributed by atoms with Crippen molar-refractivity contribution in [2.75, 3.05) is 0 Å². The van der Waals surface area contributed by atoms with Crippen LogP contribution in [-0.2, 0) is 12.4 Å². The van der Waals surface area contributed by atoms with E-state index in [0.29, 0.717) is 6.07 Å². The summed E-state index contributed by atoms with van der Waals surface area (Å²) in [5.74, 6) is 0. The molecule has 0 saturated heterocycles. The van der Waals surface area contributed by atoms with Crippen molar-refractivity contribution in [1.29, 1.82) is 0 Å². The molecule has 1 aromatic rings. The van der Waals surface area contributed by atoms with Crippen LogP contribution in [0.1, 0.15) is 11.1 Å². The highest BCUT2D eigenvalue weighted by Crippen LogP contribution is 2.38. The average Bonchev–Trinajstić information content (AvgIpc) is 1.99. The summed E-state index contributed by atoms with van der Waals surface area (Å²) in [6, 6.07) is 1.95. The quantitative estimate of drug-likeness (QED) is 0.469. The minimum absolute atomic E-state index is 0.346. The molecular formula is C8H3BF6. The Balaban J connectivity index is 3.48. The highest BCUT2D eigenvalue weighted by atomic mass is 19.4. The third-order valence-electron chi connectivity index (χ3n) is 1.69. The van der Waals surface area contributed by atoms with Crippen molar-refractivity contribution in [3.63, 3.8) is 0 Å². The number of rotatable bonds is 0. The van der Waals surface area contributed by atoms with Gasteiger partial charge in [-0.25, -0.2) is 0 Å². The third kappa shape index (κ3) is 2.46. The Hall–Kier alpha value is -1.14. The van der Waals surface area contributed by atoms with Gasteiger partial charge in [-0.05, 0) is 6.07 Å². The standard InChI is InChI=1S/C8H3BF6/c9-5-3-1-2-4(7(10,11)12)6(5)8(13,14)15/h1-3H. The lowest BCUT2D eigenvalue weighted by Crippen LogP contribution is -2.26. The van der Waals surface area contributed by atoms with Crippen LogP contribution in [0.15, 0.2) is 18.2 Å². The first-order chi connectivity index (χ1) is 6.64. The lowest BCUT2D eigenvalue weighted by atomic mass is 9.87. The van der Waals surface area contributed by atoms with E-state index in [-0.39, 0.29) is 0 Å². The lowest BCUT2D eigenvalue weighted by molar-refractivity contribution is -0.161. The van der Waals surface area contributed by atoms with Crippen LogP contribution < -0.4 is 5.46 Å². The maximum Gasteiger partial charge on any atom is 0.416 e. The SMILES string of the molecule is [B]c1cccc(C(F)(F)F)c1C(F)(F)F. The molecule has 0 atom stereocenters. The second kappa shape index (κ2) is 3.46. The summed E-state index contributed by atoms with van der Waals surface area (Å²) in [5, 5.41) is 0. The molecule has 1 aromatic carbocycles. The first-order valence-corrected chi connectivity index (χ1v) is 3.67. The number of alkyl halides is 6. The van der Waals surface area contributed by atoms with Gasteiger partial charge in [0.25, 0.3) is 0 Å². The minimum Gasteiger partial charge on any atom is -0.166 e. The molecule has 15 heavy (non-hydrogen) atoms.